The first kappa shape index (κ1) is 30.6. The van der Waals surface area contributed by atoms with Crippen LogP contribution < -0.4 is 10.6 Å². The summed E-state index contributed by atoms with van der Waals surface area (Å²) in [5.41, 5.74) is 6.01. The van der Waals surface area contributed by atoms with Gasteiger partial charge in [-0.05, 0) is 66.8 Å². The highest BCUT2D eigenvalue weighted by Gasteiger charge is 2.33. The number of piperidine rings is 1. The number of nitrogens with one attached hydrogen (secondary N) is 2. The fourth-order valence-corrected chi connectivity index (χ4v) is 5.80. The van der Waals surface area contributed by atoms with Crippen LogP contribution in [0.25, 0.3) is 11.1 Å². The van der Waals surface area contributed by atoms with Gasteiger partial charge in [0.25, 0.3) is 5.91 Å². The van der Waals surface area contributed by atoms with Gasteiger partial charge in [-0.3, -0.25) is 4.79 Å². The van der Waals surface area contributed by atoms with Crippen LogP contribution in [0.1, 0.15) is 52.9 Å². The topological polar surface area (TPSA) is 79.9 Å². The molecule has 1 heterocycles. The molecule has 1 aliphatic heterocycles. The summed E-state index contributed by atoms with van der Waals surface area (Å²) in [6, 6.07) is 22.1. The summed E-state index contributed by atoms with van der Waals surface area (Å²) in [5.74, 6) is 0.0692. The van der Waals surface area contributed by atoms with Gasteiger partial charge in [0.2, 0.25) is 0 Å². The van der Waals surface area contributed by atoms with Gasteiger partial charge >= 0.3 is 6.09 Å². The average Bonchev–Trinajstić information content (AvgIpc) is 3.01. The molecule has 2 atom stereocenters. The fraction of sp³-hybridized carbons (Fsp3) is 0.394. The van der Waals surface area contributed by atoms with Gasteiger partial charge in [0.1, 0.15) is 0 Å². The zero-order chi connectivity index (χ0) is 29.2. The summed E-state index contributed by atoms with van der Waals surface area (Å²) in [4.78, 5) is 27.1. The zero-order valence-electron chi connectivity index (χ0n) is 24.1. The molecule has 0 aliphatic carbocycles. The molecule has 3 aromatic carbocycles. The van der Waals surface area contributed by atoms with Gasteiger partial charge in [0.05, 0.1) is 19.8 Å². The standard InChI is InChI=1S/C33H40ClN3O4/c1-4-23-8-5-9-26(20-23)30-28(11-6-12-29(30)34)31(41-19-17-36-33(39)40-3)27-10-7-18-37(22-27)32(38)25-15-13-24(14-16-25)21-35-2/h5-6,8-9,11-16,20,27,31,35H,4,7,10,17-19,21-22H2,1-3H3,(H,36,39). The molecule has 2 unspecified atom stereocenters. The Morgan fingerprint density at radius 1 is 1.07 bits per heavy atom. The minimum Gasteiger partial charge on any atom is -0.453 e. The van der Waals surface area contributed by atoms with Crippen molar-refractivity contribution in [1.29, 1.82) is 0 Å². The number of methoxy groups -OCH3 is 1. The number of likely N-dealkylation sites (tertiary alicyclic amines) is 1. The molecule has 218 valence electrons. The van der Waals surface area contributed by atoms with Crippen molar-refractivity contribution in [2.45, 2.75) is 38.8 Å². The van der Waals surface area contributed by atoms with Crippen molar-refractivity contribution < 1.29 is 19.1 Å². The lowest BCUT2D eigenvalue weighted by Gasteiger charge is -2.38. The third kappa shape index (κ3) is 7.88. The second-order valence-electron chi connectivity index (χ2n) is 10.3. The Morgan fingerprint density at radius 2 is 1.85 bits per heavy atom. The number of hydrogen-bond donors (Lipinski definition) is 2. The van der Waals surface area contributed by atoms with Crippen LogP contribution >= 0.6 is 11.6 Å². The molecule has 0 radical (unpaired) electrons. The molecule has 2 N–H and O–H groups in total. The van der Waals surface area contributed by atoms with E-state index in [0.29, 0.717) is 30.2 Å². The van der Waals surface area contributed by atoms with Gasteiger partial charge in [-0.1, -0.05) is 67.1 Å². The Balaban J connectivity index is 1.63. The van der Waals surface area contributed by atoms with Crippen LogP contribution in [0, 0.1) is 5.92 Å². The third-order valence-electron chi connectivity index (χ3n) is 7.59. The first-order valence-electron chi connectivity index (χ1n) is 14.3. The molecular weight excluding hydrogens is 538 g/mol. The Kier molecular flexibility index (Phi) is 11.2. The van der Waals surface area contributed by atoms with Crippen LogP contribution in [0.4, 0.5) is 4.79 Å². The maximum Gasteiger partial charge on any atom is 0.406 e. The van der Waals surface area contributed by atoms with Crippen LogP contribution in [-0.4, -0.2) is 57.3 Å². The van der Waals surface area contributed by atoms with Gasteiger partial charge in [0, 0.05) is 48.2 Å². The van der Waals surface area contributed by atoms with Crippen LogP contribution in [0.3, 0.4) is 0 Å². The number of halogens is 1. The first-order valence-corrected chi connectivity index (χ1v) is 14.7. The molecule has 2 amide bonds. The summed E-state index contributed by atoms with van der Waals surface area (Å²) >= 11 is 6.86. The van der Waals surface area contributed by atoms with E-state index in [1.807, 2.05) is 48.3 Å². The first-order chi connectivity index (χ1) is 19.9. The highest BCUT2D eigenvalue weighted by molar-refractivity contribution is 6.33. The molecule has 1 aliphatic rings. The molecule has 7 nitrogen and oxygen atoms in total. The lowest BCUT2D eigenvalue weighted by atomic mass is 9.84. The number of benzene rings is 3. The third-order valence-corrected chi connectivity index (χ3v) is 7.90. The summed E-state index contributed by atoms with van der Waals surface area (Å²) in [6.45, 7) is 4.75. The second kappa shape index (κ2) is 15.0. The van der Waals surface area contributed by atoms with Crippen molar-refractivity contribution in [3.63, 3.8) is 0 Å². The summed E-state index contributed by atoms with van der Waals surface area (Å²) < 4.78 is 11.2. The minimum atomic E-state index is -0.500. The fourth-order valence-electron chi connectivity index (χ4n) is 5.51. The van der Waals surface area contributed by atoms with Gasteiger partial charge in [-0.15, -0.1) is 0 Å². The molecule has 41 heavy (non-hydrogen) atoms. The van der Waals surface area contributed by atoms with E-state index in [2.05, 4.69) is 47.9 Å². The Bertz CT molecular complexity index is 1310. The second-order valence-corrected chi connectivity index (χ2v) is 10.8. The molecule has 3 aromatic rings. The van der Waals surface area contributed by atoms with E-state index in [1.54, 1.807) is 0 Å². The predicted octanol–water partition coefficient (Wildman–Crippen LogP) is 6.25. The van der Waals surface area contributed by atoms with E-state index >= 15 is 0 Å². The zero-order valence-corrected chi connectivity index (χ0v) is 24.9. The van der Waals surface area contributed by atoms with Crippen LogP contribution in [-0.2, 0) is 22.4 Å². The number of carbonyl (C=O) groups is 2. The van der Waals surface area contributed by atoms with Gasteiger partial charge in [-0.2, -0.15) is 0 Å². The Hall–Kier alpha value is -3.39. The van der Waals surface area contributed by atoms with E-state index in [4.69, 9.17) is 21.1 Å². The number of alkyl carbamates (subject to hydrolysis) is 1. The van der Waals surface area contributed by atoms with Gasteiger partial charge in [-0.25, -0.2) is 4.79 Å². The normalized spacial score (nSPS) is 15.8. The quantitative estimate of drug-likeness (QED) is 0.263. The SMILES string of the molecule is CCc1cccc(-c2c(Cl)cccc2C(OCCNC(=O)OC)C2CCCN(C(=O)c3ccc(CNC)cc3)C2)c1. The highest BCUT2D eigenvalue weighted by atomic mass is 35.5. The number of hydrogen-bond acceptors (Lipinski definition) is 5. The van der Waals surface area contributed by atoms with Crippen molar-refractivity contribution >= 4 is 23.6 Å². The number of ether oxygens (including phenoxy) is 2. The molecule has 4 rings (SSSR count). The van der Waals surface area contributed by atoms with Crippen LogP contribution in [0.5, 0.6) is 0 Å². The Morgan fingerprint density at radius 3 is 2.59 bits per heavy atom. The van der Waals surface area contributed by atoms with Crippen molar-refractivity contribution in [3.8, 4) is 11.1 Å². The van der Waals surface area contributed by atoms with E-state index in [9.17, 15) is 9.59 Å². The van der Waals surface area contributed by atoms with Crippen molar-refractivity contribution in [2.75, 3.05) is 40.4 Å². The smallest absolute Gasteiger partial charge is 0.406 e. The van der Waals surface area contributed by atoms with Crippen molar-refractivity contribution in [1.82, 2.24) is 15.5 Å². The van der Waals surface area contributed by atoms with Gasteiger partial charge in [0.15, 0.2) is 0 Å². The van der Waals surface area contributed by atoms with E-state index in [-0.39, 0.29) is 24.5 Å². The highest BCUT2D eigenvalue weighted by Crippen LogP contribution is 2.41. The molecule has 1 fully saturated rings. The number of amides is 2. The molecule has 0 spiro atoms. The van der Waals surface area contributed by atoms with Crippen LogP contribution in [0.15, 0.2) is 66.7 Å². The summed E-state index contributed by atoms with van der Waals surface area (Å²) in [6.07, 6.45) is 1.86. The molecule has 0 bridgehead atoms. The molecule has 1 saturated heterocycles. The summed E-state index contributed by atoms with van der Waals surface area (Å²) in [7, 11) is 3.24. The Labute approximate surface area is 248 Å². The maximum absolute atomic E-state index is 13.5. The number of rotatable bonds is 11. The molecule has 8 heteroatoms. The monoisotopic (exact) mass is 577 g/mol. The maximum atomic E-state index is 13.5. The van der Waals surface area contributed by atoms with Crippen molar-refractivity contribution in [3.05, 3.63) is 94.0 Å². The van der Waals surface area contributed by atoms with Crippen LogP contribution in [0.2, 0.25) is 5.02 Å². The minimum absolute atomic E-state index is 0.0266. The number of aryl methyl sites for hydroxylation is 1. The predicted molar refractivity (Wildman–Crippen MR) is 163 cm³/mol. The largest absolute Gasteiger partial charge is 0.453 e. The lowest BCUT2D eigenvalue weighted by Crippen LogP contribution is -2.42. The number of carbonyl (C=O) groups excluding carboxylic acids is 2. The van der Waals surface area contributed by atoms with Gasteiger partial charge < -0.3 is 25.0 Å². The van der Waals surface area contributed by atoms with E-state index < -0.39 is 6.09 Å². The summed E-state index contributed by atoms with van der Waals surface area (Å²) in [5, 5.41) is 6.49. The lowest BCUT2D eigenvalue weighted by molar-refractivity contribution is -0.0115. The average molecular weight is 578 g/mol. The molecular formula is C33H40ClN3O4. The van der Waals surface area contributed by atoms with E-state index in [1.165, 1.54) is 12.7 Å². The number of nitrogens with zero attached hydrogens (tertiary/aromatic N) is 1. The molecule has 0 saturated carbocycles. The van der Waals surface area contributed by atoms with Crippen molar-refractivity contribution in [2.24, 2.45) is 5.92 Å². The van der Waals surface area contributed by atoms with E-state index in [0.717, 1.165) is 48.1 Å². The molecule has 0 aromatic heterocycles.